The van der Waals surface area contributed by atoms with E-state index >= 15 is 0 Å². The van der Waals surface area contributed by atoms with Crippen molar-refractivity contribution < 1.29 is 4.74 Å². The third-order valence-electron chi connectivity index (χ3n) is 4.47. The topological polar surface area (TPSA) is 33.5 Å². The number of hydrogen-bond acceptors (Lipinski definition) is 5. The van der Waals surface area contributed by atoms with Crippen molar-refractivity contribution in [3.8, 4) is 0 Å². The SMILES string of the molecule is CC(C)n1ccc(CN(C)CC(c2cccs2)N2CCOCC2)n1. The average Bonchev–Trinajstić information content (AvgIpc) is 3.25. The fourth-order valence-electron chi connectivity index (χ4n) is 3.14. The summed E-state index contributed by atoms with van der Waals surface area (Å²) in [5.74, 6) is 0. The van der Waals surface area contributed by atoms with Gasteiger partial charge in [0.05, 0.1) is 24.9 Å². The number of aromatic nitrogens is 2. The number of morpholine rings is 1. The molecule has 3 rings (SSSR count). The van der Waals surface area contributed by atoms with Gasteiger partial charge >= 0.3 is 0 Å². The number of hydrogen-bond donors (Lipinski definition) is 0. The number of thiophene rings is 1. The van der Waals surface area contributed by atoms with E-state index in [-0.39, 0.29) is 0 Å². The van der Waals surface area contributed by atoms with Gasteiger partial charge in [-0.05, 0) is 38.4 Å². The van der Waals surface area contributed by atoms with Crippen molar-refractivity contribution in [2.24, 2.45) is 0 Å². The zero-order valence-electron chi connectivity index (χ0n) is 14.9. The lowest BCUT2D eigenvalue weighted by atomic mass is 10.1. The second kappa shape index (κ2) is 8.25. The summed E-state index contributed by atoms with van der Waals surface area (Å²) in [5.41, 5.74) is 1.14. The molecule has 0 spiro atoms. The van der Waals surface area contributed by atoms with E-state index in [4.69, 9.17) is 4.74 Å². The smallest absolute Gasteiger partial charge is 0.0764 e. The highest BCUT2D eigenvalue weighted by molar-refractivity contribution is 7.10. The molecule has 3 heterocycles. The molecule has 0 amide bonds. The Morgan fingerprint density at radius 2 is 2.08 bits per heavy atom. The molecular weight excluding hydrogens is 320 g/mol. The quantitative estimate of drug-likeness (QED) is 0.770. The van der Waals surface area contributed by atoms with E-state index in [0.717, 1.165) is 45.1 Å². The van der Waals surface area contributed by atoms with Crippen LogP contribution in [0.5, 0.6) is 0 Å². The van der Waals surface area contributed by atoms with Gasteiger partial charge in [-0.2, -0.15) is 5.10 Å². The summed E-state index contributed by atoms with van der Waals surface area (Å²) in [5, 5.41) is 6.85. The Bertz CT molecular complexity index is 604. The van der Waals surface area contributed by atoms with Crippen LogP contribution in [0.1, 0.15) is 36.5 Å². The molecule has 132 valence electrons. The molecular formula is C18H28N4OS. The average molecular weight is 349 g/mol. The van der Waals surface area contributed by atoms with Crippen LogP contribution in [0.2, 0.25) is 0 Å². The fourth-order valence-corrected chi connectivity index (χ4v) is 3.99. The molecule has 6 heteroatoms. The Labute approximate surface area is 148 Å². The van der Waals surface area contributed by atoms with Gasteiger partial charge in [0.1, 0.15) is 0 Å². The predicted molar refractivity (Wildman–Crippen MR) is 98.4 cm³/mol. The van der Waals surface area contributed by atoms with E-state index in [1.54, 1.807) is 0 Å². The van der Waals surface area contributed by atoms with Gasteiger partial charge in [-0.3, -0.25) is 14.5 Å². The first-order valence-corrected chi connectivity index (χ1v) is 9.59. The molecule has 0 N–H and O–H groups in total. The molecule has 1 aliphatic heterocycles. The largest absolute Gasteiger partial charge is 0.379 e. The first-order chi connectivity index (χ1) is 11.6. The highest BCUT2D eigenvalue weighted by atomic mass is 32.1. The molecule has 0 saturated carbocycles. The lowest BCUT2D eigenvalue weighted by Gasteiger charge is -2.36. The zero-order chi connectivity index (χ0) is 16.9. The van der Waals surface area contributed by atoms with E-state index in [1.807, 2.05) is 16.0 Å². The van der Waals surface area contributed by atoms with Gasteiger partial charge in [-0.25, -0.2) is 0 Å². The van der Waals surface area contributed by atoms with Crippen LogP contribution in [0.3, 0.4) is 0 Å². The molecule has 0 aromatic carbocycles. The molecule has 1 fully saturated rings. The van der Waals surface area contributed by atoms with E-state index in [1.165, 1.54) is 4.88 Å². The lowest BCUT2D eigenvalue weighted by Crippen LogP contribution is -2.42. The monoisotopic (exact) mass is 348 g/mol. The van der Waals surface area contributed by atoms with E-state index in [0.29, 0.717) is 12.1 Å². The summed E-state index contributed by atoms with van der Waals surface area (Å²) < 4.78 is 7.56. The third kappa shape index (κ3) is 4.45. The maximum Gasteiger partial charge on any atom is 0.0764 e. The van der Waals surface area contributed by atoms with Crippen molar-refractivity contribution in [3.05, 3.63) is 40.3 Å². The van der Waals surface area contributed by atoms with E-state index < -0.39 is 0 Å². The van der Waals surface area contributed by atoms with E-state index in [2.05, 4.69) is 65.6 Å². The van der Waals surface area contributed by atoms with Gasteiger partial charge in [0.2, 0.25) is 0 Å². The van der Waals surface area contributed by atoms with Gasteiger partial charge in [0.25, 0.3) is 0 Å². The maximum atomic E-state index is 5.53. The van der Waals surface area contributed by atoms with Crippen LogP contribution in [0.25, 0.3) is 0 Å². The van der Waals surface area contributed by atoms with Gasteiger partial charge in [0, 0.05) is 43.3 Å². The van der Waals surface area contributed by atoms with Crippen LogP contribution < -0.4 is 0 Å². The normalized spacial score (nSPS) is 17.7. The van der Waals surface area contributed by atoms with Crippen molar-refractivity contribution >= 4 is 11.3 Å². The number of rotatable bonds is 7. The summed E-state index contributed by atoms with van der Waals surface area (Å²) >= 11 is 1.85. The third-order valence-corrected chi connectivity index (χ3v) is 5.44. The second-order valence-corrected chi connectivity index (χ2v) is 7.74. The Morgan fingerprint density at radius 1 is 1.29 bits per heavy atom. The molecule has 2 aromatic heterocycles. The van der Waals surface area contributed by atoms with Gasteiger partial charge < -0.3 is 4.74 Å². The van der Waals surface area contributed by atoms with Crippen LogP contribution in [-0.4, -0.2) is 59.5 Å². The van der Waals surface area contributed by atoms with Crippen molar-refractivity contribution in [2.75, 3.05) is 39.9 Å². The molecule has 1 aliphatic rings. The summed E-state index contributed by atoms with van der Waals surface area (Å²) in [4.78, 5) is 6.38. The van der Waals surface area contributed by atoms with Crippen LogP contribution in [0.4, 0.5) is 0 Å². The summed E-state index contributed by atoms with van der Waals surface area (Å²) in [6, 6.07) is 7.39. The number of nitrogens with zero attached hydrogens (tertiary/aromatic N) is 4. The minimum Gasteiger partial charge on any atom is -0.379 e. The van der Waals surface area contributed by atoms with Crippen LogP contribution in [-0.2, 0) is 11.3 Å². The highest BCUT2D eigenvalue weighted by Crippen LogP contribution is 2.27. The molecule has 2 aromatic rings. The lowest BCUT2D eigenvalue weighted by molar-refractivity contribution is 0.00956. The second-order valence-electron chi connectivity index (χ2n) is 6.76. The predicted octanol–water partition coefficient (Wildman–Crippen LogP) is 3.03. The van der Waals surface area contributed by atoms with Crippen molar-refractivity contribution in [1.82, 2.24) is 19.6 Å². The molecule has 0 aliphatic carbocycles. The van der Waals surface area contributed by atoms with Crippen molar-refractivity contribution in [1.29, 1.82) is 0 Å². The Kier molecular flexibility index (Phi) is 6.05. The minimum atomic E-state index is 0.413. The Hall–Kier alpha value is -1.21. The molecule has 0 radical (unpaired) electrons. The number of ether oxygens (including phenoxy) is 1. The molecule has 1 atom stereocenters. The molecule has 24 heavy (non-hydrogen) atoms. The highest BCUT2D eigenvalue weighted by Gasteiger charge is 2.24. The number of likely N-dealkylation sites (N-methyl/N-ethyl adjacent to an activating group) is 1. The summed E-state index contributed by atoms with van der Waals surface area (Å²) in [6.07, 6.45) is 2.08. The van der Waals surface area contributed by atoms with Crippen LogP contribution in [0.15, 0.2) is 29.8 Å². The minimum absolute atomic E-state index is 0.413. The molecule has 1 unspecified atom stereocenters. The molecule has 0 bridgehead atoms. The zero-order valence-corrected chi connectivity index (χ0v) is 15.7. The van der Waals surface area contributed by atoms with Crippen molar-refractivity contribution in [2.45, 2.75) is 32.5 Å². The molecule has 1 saturated heterocycles. The van der Waals surface area contributed by atoms with Crippen molar-refractivity contribution in [3.63, 3.8) is 0 Å². The first-order valence-electron chi connectivity index (χ1n) is 8.71. The summed E-state index contributed by atoms with van der Waals surface area (Å²) in [7, 11) is 2.19. The first kappa shape index (κ1) is 17.6. The summed E-state index contributed by atoms with van der Waals surface area (Å²) in [6.45, 7) is 9.91. The van der Waals surface area contributed by atoms with Crippen LogP contribution >= 0.6 is 11.3 Å². The maximum absolute atomic E-state index is 5.53. The Balaban J connectivity index is 1.64. The fraction of sp³-hybridized carbons (Fsp3) is 0.611. The van der Waals surface area contributed by atoms with Crippen LogP contribution in [0, 0.1) is 0 Å². The van der Waals surface area contributed by atoms with Gasteiger partial charge in [0.15, 0.2) is 0 Å². The Morgan fingerprint density at radius 3 is 2.71 bits per heavy atom. The molecule has 5 nitrogen and oxygen atoms in total. The standard InChI is InChI=1S/C18H28N4OS/c1-15(2)22-7-6-16(19-22)13-20(3)14-17(18-5-4-12-24-18)21-8-10-23-11-9-21/h4-7,12,15,17H,8-11,13-14H2,1-3H3. The van der Waals surface area contributed by atoms with Gasteiger partial charge in [-0.1, -0.05) is 6.07 Å². The van der Waals surface area contributed by atoms with Gasteiger partial charge in [-0.15, -0.1) is 11.3 Å². The van der Waals surface area contributed by atoms with E-state index in [9.17, 15) is 0 Å².